The molecule has 1 fully saturated rings. The second kappa shape index (κ2) is 9.06. The van der Waals surface area contributed by atoms with Crippen LogP contribution in [0, 0.1) is 0 Å². The van der Waals surface area contributed by atoms with E-state index >= 15 is 0 Å². The lowest BCUT2D eigenvalue weighted by molar-refractivity contribution is 0.0811. The van der Waals surface area contributed by atoms with Crippen LogP contribution in [0.1, 0.15) is 61.3 Å². The summed E-state index contributed by atoms with van der Waals surface area (Å²) in [6.45, 7) is 6.67. The van der Waals surface area contributed by atoms with E-state index in [0.717, 1.165) is 29.8 Å². The molecule has 1 aliphatic heterocycles. The fourth-order valence-corrected chi connectivity index (χ4v) is 4.50. The Kier molecular flexibility index (Phi) is 6.24. The molecule has 0 spiro atoms. The van der Waals surface area contributed by atoms with Crippen LogP contribution >= 0.6 is 0 Å². The molecule has 0 amide bonds. The van der Waals surface area contributed by atoms with Gasteiger partial charge in [0.25, 0.3) is 0 Å². The van der Waals surface area contributed by atoms with Gasteiger partial charge >= 0.3 is 0 Å². The van der Waals surface area contributed by atoms with Gasteiger partial charge in [0.1, 0.15) is 5.60 Å². The first-order valence-corrected chi connectivity index (χ1v) is 11.3. The summed E-state index contributed by atoms with van der Waals surface area (Å²) in [6.07, 6.45) is 4.42. The van der Waals surface area contributed by atoms with Crippen molar-refractivity contribution in [3.8, 4) is 0 Å². The van der Waals surface area contributed by atoms with Crippen LogP contribution in [0.2, 0.25) is 0 Å². The quantitative estimate of drug-likeness (QED) is 0.527. The number of hydrogen-bond donors (Lipinski definition) is 1. The average Bonchev–Trinajstić information content (AvgIpc) is 2.80. The first kappa shape index (κ1) is 20.7. The van der Waals surface area contributed by atoms with Gasteiger partial charge in [0.05, 0.1) is 0 Å². The molecule has 1 N–H and O–H groups in total. The number of benzene rings is 3. The Morgan fingerprint density at radius 3 is 1.97 bits per heavy atom. The maximum absolute atomic E-state index is 12.0. The lowest BCUT2D eigenvalue weighted by Gasteiger charge is -2.32. The van der Waals surface area contributed by atoms with Crippen LogP contribution in [0.3, 0.4) is 0 Å². The van der Waals surface area contributed by atoms with Crippen LogP contribution < -0.4 is 4.90 Å². The van der Waals surface area contributed by atoms with E-state index in [-0.39, 0.29) is 0 Å². The van der Waals surface area contributed by atoms with Gasteiger partial charge in [-0.25, -0.2) is 0 Å². The van der Waals surface area contributed by atoms with Crippen molar-refractivity contribution in [1.82, 2.24) is 0 Å². The van der Waals surface area contributed by atoms with Crippen LogP contribution in [0.15, 0.2) is 78.9 Å². The van der Waals surface area contributed by atoms with E-state index in [9.17, 15) is 5.11 Å². The van der Waals surface area contributed by atoms with Crippen LogP contribution in [0.5, 0.6) is 0 Å². The van der Waals surface area contributed by atoms with E-state index in [1.54, 1.807) is 0 Å². The van der Waals surface area contributed by atoms with Crippen molar-refractivity contribution >= 4 is 5.69 Å². The zero-order valence-electron chi connectivity index (χ0n) is 18.2. The topological polar surface area (TPSA) is 23.5 Å². The minimum absolute atomic E-state index is 0.509. The number of rotatable bonds is 6. The van der Waals surface area contributed by atoms with Crippen molar-refractivity contribution in [1.29, 1.82) is 0 Å². The Morgan fingerprint density at radius 2 is 1.37 bits per heavy atom. The Hall–Kier alpha value is -2.58. The smallest absolute Gasteiger partial charge is 0.119 e. The van der Waals surface area contributed by atoms with Crippen LogP contribution in [0.25, 0.3) is 0 Å². The van der Waals surface area contributed by atoms with Crippen molar-refractivity contribution in [3.63, 3.8) is 0 Å². The summed E-state index contributed by atoms with van der Waals surface area (Å²) in [6, 6.07) is 27.3. The van der Waals surface area contributed by atoms with E-state index in [1.165, 1.54) is 30.5 Å². The number of piperidine rings is 1. The molecule has 1 aliphatic rings. The van der Waals surface area contributed by atoms with Gasteiger partial charge in [0, 0.05) is 25.2 Å². The maximum Gasteiger partial charge on any atom is 0.119 e. The van der Waals surface area contributed by atoms with Gasteiger partial charge in [-0.2, -0.15) is 0 Å². The lowest BCUT2D eigenvalue weighted by atomic mass is 9.81. The molecule has 30 heavy (non-hydrogen) atoms. The van der Waals surface area contributed by atoms with Gasteiger partial charge < -0.3 is 10.0 Å². The summed E-state index contributed by atoms with van der Waals surface area (Å²) in [5, 5.41) is 12.0. The standard InChI is InChI=1S/C28H33NO/c1-22(2)24-13-11-23(12-14-24)21-28(30,25-9-5-3-6-10-25)26-15-17-27(18-16-26)29-19-7-4-8-20-29/h3,5-6,9-18,22,30H,4,7-8,19-21H2,1-2H3. The average molecular weight is 400 g/mol. The fraction of sp³-hybridized carbons (Fsp3) is 0.357. The summed E-state index contributed by atoms with van der Waals surface area (Å²) in [5.41, 5.74) is 4.56. The molecule has 0 aliphatic carbocycles. The van der Waals surface area contributed by atoms with Crippen molar-refractivity contribution < 1.29 is 5.11 Å². The highest BCUT2D eigenvalue weighted by molar-refractivity contribution is 5.50. The molecule has 1 heterocycles. The van der Waals surface area contributed by atoms with Crippen LogP contribution in [0.4, 0.5) is 5.69 Å². The van der Waals surface area contributed by atoms with Gasteiger partial charge in [0.2, 0.25) is 0 Å². The third-order valence-corrected chi connectivity index (χ3v) is 6.42. The van der Waals surface area contributed by atoms with Crippen molar-refractivity contribution in [2.75, 3.05) is 18.0 Å². The number of anilines is 1. The zero-order valence-corrected chi connectivity index (χ0v) is 18.2. The van der Waals surface area contributed by atoms with Gasteiger partial charge in [0.15, 0.2) is 0 Å². The third-order valence-electron chi connectivity index (χ3n) is 6.42. The fourth-order valence-electron chi connectivity index (χ4n) is 4.50. The van der Waals surface area contributed by atoms with E-state index in [0.29, 0.717) is 12.3 Å². The highest BCUT2D eigenvalue weighted by atomic mass is 16.3. The van der Waals surface area contributed by atoms with Crippen molar-refractivity contribution in [2.24, 2.45) is 0 Å². The van der Waals surface area contributed by atoms with Gasteiger partial charge in [-0.05, 0) is 59.6 Å². The molecular formula is C28H33NO. The maximum atomic E-state index is 12.0. The molecule has 2 heteroatoms. The molecule has 0 aromatic heterocycles. The minimum Gasteiger partial charge on any atom is -0.380 e. The Balaban J connectivity index is 1.65. The second-order valence-corrected chi connectivity index (χ2v) is 8.89. The number of aliphatic hydroxyl groups is 1. The molecule has 3 aromatic rings. The zero-order chi connectivity index (χ0) is 21.0. The normalized spacial score (nSPS) is 16.5. The molecule has 0 bridgehead atoms. The monoisotopic (exact) mass is 399 g/mol. The number of hydrogen-bond acceptors (Lipinski definition) is 2. The predicted molar refractivity (Wildman–Crippen MR) is 126 cm³/mol. The highest BCUT2D eigenvalue weighted by Crippen LogP contribution is 2.35. The van der Waals surface area contributed by atoms with E-state index in [2.05, 4.69) is 67.3 Å². The van der Waals surface area contributed by atoms with E-state index in [4.69, 9.17) is 0 Å². The summed E-state index contributed by atoms with van der Waals surface area (Å²) in [5.74, 6) is 0.509. The summed E-state index contributed by atoms with van der Waals surface area (Å²) < 4.78 is 0. The SMILES string of the molecule is CC(C)c1ccc(CC(O)(c2ccccc2)c2ccc(N3CCCCC3)cc2)cc1. The Bertz CT molecular complexity index is 925. The third kappa shape index (κ3) is 4.44. The highest BCUT2D eigenvalue weighted by Gasteiger charge is 2.32. The predicted octanol–water partition coefficient (Wildman–Crippen LogP) is 6.28. The van der Waals surface area contributed by atoms with E-state index < -0.39 is 5.60 Å². The number of nitrogens with zero attached hydrogens (tertiary/aromatic N) is 1. The molecular weight excluding hydrogens is 366 g/mol. The van der Waals surface area contributed by atoms with Crippen LogP contribution in [-0.4, -0.2) is 18.2 Å². The summed E-state index contributed by atoms with van der Waals surface area (Å²) in [4.78, 5) is 2.46. The van der Waals surface area contributed by atoms with Crippen molar-refractivity contribution in [2.45, 2.75) is 51.0 Å². The molecule has 1 atom stereocenters. The van der Waals surface area contributed by atoms with Crippen LogP contribution in [-0.2, 0) is 12.0 Å². The lowest BCUT2D eigenvalue weighted by Crippen LogP contribution is -2.31. The van der Waals surface area contributed by atoms with Crippen molar-refractivity contribution in [3.05, 3.63) is 101 Å². The van der Waals surface area contributed by atoms with Gasteiger partial charge in [-0.3, -0.25) is 0 Å². The molecule has 1 saturated heterocycles. The summed E-state index contributed by atoms with van der Waals surface area (Å²) in [7, 11) is 0. The Labute approximate surface area is 181 Å². The second-order valence-electron chi connectivity index (χ2n) is 8.89. The largest absolute Gasteiger partial charge is 0.380 e. The molecule has 3 aromatic carbocycles. The molecule has 2 nitrogen and oxygen atoms in total. The van der Waals surface area contributed by atoms with Gasteiger partial charge in [-0.15, -0.1) is 0 Å². The molecule has 1 unspecified atom stereocenters. The summed E-state index contributed by atoms with van der Waals surface area (Å²) >= 11 is 0. The first-order chi connectivity index (χ1) is 14.6. The Morgan fingerprint density at radius 1 is 0.767 bits per heavy atom. The van der Waals surface area contributed by atoms with E-state index in [1.807, 2.05) is 30.3 Å². The minimum atomic E-state index is -1.05. The first-order valence-electron chi connectivity index (χ1n) is 11.3. The molecule has 0 saturated carbocycles. The molecule has 0 radical (unpaired) electrons. The molecule has 4 rings (SSSR count). The molecule has 156 valence electrons. The van der Waals surface area contributed by atoms with Gasteiger partial charge in [-0.1, -0.05) is 80.6 Å².